The molecule has 3 aromatic carbocycles. The fraction of sp³-hybridized carbons (Fsp3) is 0.304. The molecule has 3 aromatic rings. The molecule has 0 atom stereocenters. The average Bonchev–Trinajstić information content (AvgIpc) is 3.07. The number of halogens is 1. The van der Waals surface area contributed by atoms with Gasteiger partial charge in [0.2, 0.25) is 10.0 Å². The molecule has 8 nitrogen and oxygen atoms in total. The van der Waals surface area contributed by atoms with E-state index in [2.05, 4.69) is 14.9 Å². The van der Waals surface area contributed by atoms with Crippen LogP contribution in [0.5, 0.6) is 0 Å². The van der Waals surface area contributed by atoms with Gasteiger partial charge >= 0.3 is 0 Å². The lowest BCUT2D eigenvalue weighted by Crippen LogP contribution is -2.29. The van der Waals surface area contributed by atoms with Gasteiger partial charge in [0.1, 0.15) is 0 Å². The Balaban J connectivity index is 0.00000324. The van der Waals surface area contributed by atoms with Crippen molar-refractivity contribution in [2.75, 3.05) is 53.4 Å². The van der Waals surface area contributed by atoms with Crippen LogP contribution < -0.4 is 19.2 Å². The summed E-state index contributed by atoms with van der Waals surface area (Å²) in [4.78, 5) is 2.30. The van der Waals surface area contributed by atoms with Gasteiger partial charge in [0.25, 0.3) is 10.0 Å². The zero-order valence-corrected chi connectivity index (χ0v) is 21.5. The Kier molecular flexibility index (Phi) is 7.97. The lowest BCUT2D eigenvalue weighted by Gasteiger charge is -2.26. The average molecular weight is 525 g/mol. The van der Waals surface area contributed by atoms with Gasteiger partial charge in [-0.25, -0.2) is 16.8 Å². The quantitative estimate of drug-likeness (QED) is 0.513. The van der Waals surface area contributed by atoms with Gasteiger partial charge in [-0.15, -0.1) is 12.4 Å². The normalized spacial score (nSPS) is 14.8. The first-order chi connectivity index (χ1) is 15.7. The van der Waals surface area contributed by atoms with Crippen molar-refractivity contribution >= 4 is 60.3 Å². The van der Waals surface area contributed by atoms with E-state index >= 15 is 0 Å². The van der Waals surface area contributed by atoms with Crippen molar-refractivity contribution in [3.63, 3.8) is 0 Å². The first-order valence-electron chi connectivity index (χ1n) is 10.7. The SMILES string of the molecule is CN(c1cc(N2CCCNCC2)ccc1NS(=O)(=O)c1cccc2ccccc12)S(C)(=O)=O.Cl. The smallest absolute Gasteiger partial charge is 0.262 e. The highest BCUT2D eigenvalue weighted by Gasteiger charge is 2.23. The molecular formula is C23H29ClN4O4S2. The van der Waals surface area contributed by atoms with Crippen molar-refractivity contribution in [2.24, 2.45) is 0 Å². The molecule has 0 unspecified atom stereocenters. The maximum absolute atomic E-state index is 13.4. The molecule has 2 N–H and O–H groups in total. The molecule has 1 fully saturated rings. The summed E-state index contributed by atoms with van der Waals surface area (Å²) in [5, 5.41) is 4.75. The molecule has 0 saturated carbocycles. The number of nitrogens with one attached hydrogen (secondary N) is 2. The van der Waals surface area contributed by atoms with Gasteiger partial charge < -0.3 is 10.2 Å². The monoisotopic (exact) mass is 524 g/mol. The van der Waals surface area contributed by atoms with E-state index in [1.54, 1.807) is 36.4 Å². The van der Waals surface area contributed by atoms with E-state index in [1.807, 2.05) is 24.3 Å². The van der Waals surface area contributed by atoms with E-state index in [0.29, 0.717) is 5.39 Å². The Labute approximate surface area is 207 Å². The Morgan fingerprint density at radius 2 is 1.68 bits per heavy atom. The Morgan fingerprint density at radius 1 is 0.941 bits per heavy atom. The third-order valence-corrected chi connectivity index (χ3v) is 8.42. The third-order valence-electron chi connectivity index (χ3n) is 5.81. The van der Waals surface area contributed by atoms with Crippen LogP contribution in [-0.2, 0) is 20.0 Å². The van der Waals surface area contributed by atoms with E-state index in [4.69, 9.17) is 0 Å². The van der Waals surface area contributed by atoms with Crippen LogP contribution in [0.25, 0.3) is 10.8 Å². The molecule has 0 radical (unpaired) electrons. The summed E-state index contributed by atoms with van der Waals surface area (Å²) in [5.41, 5.74) is 1.32. The molecule has 184 valence electrons. The van der Waals surface area contributed by atoms with E-state index < -0.39 is 20.0 Å². The van der Waals surface area contributed by atoms with E-state index in [1.165, 1.54) is 7.05 Å². The summed E-state index contributed by atoms with van der Waals surface area (Å²) in [6, 6.07) is 17.5. The summed E-state index contributed by atoms with van der Waals surface area (Å²) in [6.07, 6.45) is 2.06. The van der Waals surface area contributed by atoms with Gasteiger partial charge in [0, 0.05) is 37.8 Å². The van der Waals surface area contributed by atoms with Crippen molar-refractivity contribution in [1.29, 1.82) is 0 Å². The maximum Gasteiger partial charge on any atom is 0.262 e. The predicted molar refractivity (Wildman–Crippen MR) is 141 cm³/mol. The van der Waals surface area contributed by atoms with Gasteiger partial charge in [-0.3, -0.25) is 9.03 Å². The summed E-state index contributed by atoms with van der Waals surface area (Å²) in [7, 11) is -6.18. The van der Waals surface area contributed by atoms with Gasteiger partial charge in [0.05, 0.1) is 22.5 Å². The summed E-state index contributed by atoms with van der Waals surface area (Å²) < 4.78 is 55.2. The van der Waals surface area contributed by atoms with Crippen LogP contribution in [0, 0.1) is 0 Å². The van der Waals surface area contributed by atoms with E-state index in [-0.39, 0.29) is 28.7 Å². The standard InChI is InChI=1S/C23H28N4O4S2.ClH/c1-26(32(2,28)29)22-17-19(27-15-6-13-24-14-16-27)11-12-21(22)25-33(30,31)23-10-5-8-18-7-3-4-9-20(18)23;/h3-5,7-12,17,24-25H,6,13-16H2,1-2H3;1H. The molecule has 11 heteroatoms. The Bertz CT molecular complexity index is 1370. The molecule has 0 aliphatic carbocycles. The molecule has 0 bridgehead atoms. The lowest BCUT2D eigenvalue weighted by molar-refractivity contribution is 0.598. The maximum atomic E-state index is 13.4. The van der Waals surface area contributed by atoms with Crippen LogP contribution in [0.2, 0.25) is 0 Å². The second kappa shape index (κ2) is 10.4. The second-order valence-electron chi connectivity index (χ2n) is 8.11. The van der Waals surface area contributed by atoms with Crippen molar-refractivity contribution in [3.8, 4) is 0 Å². The minimum absolute atomic E-state index is 0. The number of rotatable bonds is 6. The molecule has 0 aromatic heterocycles. The number of anilines is 3. The topological polar surface area (TPSA) is 98.8 Å². The Morgan fingerprint density at radius 3 is 2.44 bits per heavy atom. The van der Waals surface area contributed by atoms with Crippen LogP contribution in [0.15, 0.2) is 65.6 Å². The Hall–Kier alpha value is -2.53. The highest BCUT2D eigenvalue weighted by Crippen LogP contribution is 2.34. The molecule has 0 amide bonds. The van der Waals surface area contributed by atoms with Gasteiger partial charge in [0.15, 0.2) is 0 Å². The number of sulfonamides is 2. The fourth-order valence-electron chi connectivity index (χ4n) is 3.98. The highest BCUT2D eigenvalue weighted by molar-refractivity contribution is 7.93. The molecular weight excluding hydrogens is 496 g/mol. The molecule has 0 spiro atoms. The van der Waals surface area contributed by atoms with Gasteiger partial charge in [-0.2, -0.15) is 0 Å². The van der Waals surface area contributed by atoms with Crippen molar-refractivity contribution in [1.82, 2.24) is 5.32 Å². The first kappa shape index (κ1) is 26.1. The third kappa shape index (κ3) is 5.57. The minimum atomic E-state index is -3.98. The lowest BCUT2D eigenvalue weighted by atomic mass is 10.1. The number of hydrogen-bond acceptors (Lipinski definition) is 6. The molecule has 34 heavy (non-hydrogen) atoms. The molecule has 1 aliphatic heterocycles. The second-order valence-corrected chi connectivity index (χ2v) is 11.8. The van der Waals surface area contributed by atoms with Crippen LogP contribution in [0.4, 0.5) is 17.1 Å². The summed E-state index contributed by atoms with van der Waals surface area (Å²) in [6.45, 7) is 3.36. The first-order valence-corrected chi connectivity index (χ1v) is 14.0. The predicted octanol–water partition coefficient (Wildman–Crippen LogP) is 3.26. The van der Waals surface area contributed by atoms with Crippen molar-refractivity contribution in [3.05, 3.63) is 60.7 Å². The van der Waals surface area contributed by atoms with E-state index in [0.717, 1.165) is 54.2 Å². The van der Waals surface area contributed by atoms with Gasteiger partial charge in [-0.05, 0) is 42.6 Å². The number of benzene rings is 3. The number of hydrogen-bond donors (Lipinski definition) is 2. The zero-order valence-electron chi connectivity index (χ0n) is 19.1. The molecule has 1 heterocycles. The fourth-order valence-corrected chi connectivity index (χ4v) is 5.79. The zero-order chi connectivity index (χ0) is 23.6. The number of nitrogens with zero attached hydrogens (tertiary/aromatic N) is 2. The summed E-state index contributed by atoms with van der Waals surface area (Å²) >= 11 is 0. The van der Waals surface area contributed by atoms with E-state index in [9.17, 15) is 16.8 Å². The van der Waals surface area contributed by atoms with Crippen LogP contribution in [0.1, 0.15) is 6.42 Å². The van der Waals surface area contributed by atoms with Crippen molar-refractivity contribution < 1.29 is 16.8 Å². The minimum Gasteiger partial charge on any atom is -0.370 e. The van der Waals surface area contributed by atoms with Crippen LogP contribution in [-0.4, -0.2) is 56.3 Å². The van der Waals surface area contributed by atoms with Crippen LogP contribution >= 0.6 is 12.4 Å². The number of fused-ring (bicyclic) bond motifs is 1. The summed E-state index contributed by atoms with van der Waals surface area (Å²) in [5.74, 6) is 0. The largest absolute Gasteiger partial charge is 0.370 e. The van der Waals surface area contributed by atoms with Gasteiger partial charge in [-0.1, -0.05) is 36.4 Å². The highest BCUT2D eigenvalue weighted by atomic mass is 35.5. The molecule has 4 rings (SSSR count). The molecule has 1 saturated heterocycles. The molecule has 1 aliphatic rings. The van der Waals surface area contributed by atoms with Crippen molar-refractivity contribution in [2.45, 2.75) is 11.3 Å². The van der Waals surface area contributed by atoms with Crippen LogP contribution in [0.3, 0.4) is 0 Å².